The highest BCUT2D eigenvalue weighted by atomic mass is 16.5. The van der Waals surface area contributed by atoms with E-state index in [2.05, 4.69) is 9.88 Å². The molecule has 1 saturated carbocycles. The van der Waals surface area contributed by atoms with Crippen molar-refractivity contribution in [2.24, 2.45) is 0 Å². The summed E-state index contributed by atoms with van der Waals surface area (Å²) in [6.45, 7) is 8.34. The van der Waals surface area contributed by atoms with Crippen LogP contribution >= 0.6 is 0 Å². The van der Waals surface area contributed by atoms with Crippen molar-refractivity contribution in [3.05, 3.63) is 52.3 Å². The minimum Gasteiger partial charge on any atom is -0.497 e. The number of aromatic nitrogens is 1. The van der Waals surface area contributed by atoms with Gasteiger partial charge in [0.15, 0.2) is 5.78 Å². The maximum absolute atomic E-state index is 13.3. The minimum absolute atomic E-state index is 0.00144. The Labute approximate surface area is 172 Å². The van der Waals surface area contributed by atoms with Gasteiger partial charge in [-0.05, 0) is 63.8 Å². The van der Waals surface area contributed by atoms with Crippen molar-refractivity contribution in [3.8, 4) is 5.75 Å². The van der Waals surface area contributed by atoms with Crippen LogP contribution in [0.3, 0.4) is 0 Å². The quantitative estimate of drug-likeness (QED) is 0.510. The van der Waals surface area contributed by atoms with E-state index in [4.69, 9.17) is 9.47 Å². The Hall–Kier alpha value is -2.60. The van der Waals surface area contributed by atoms with E-state index in [0.29, 0.717) is 41.7 Å². The number of H-pyrrole nitrogens is 1. The fourth-order valence-corrected chi connectivity index (χ4v) is 3.80. The van der Waals surface area contributed by atoms with Crippen LogP contribution in [0.1, 0.15) is 64.4 Å². The standard InChI is InChI=1S/C23H30N2O4/c1-6-29-23(27)20-14(2)21(24-15(20)3)22(26)16(4)25(18-9-10-18)13-17-7-11-19(28-5)12-8-17/h7-8,11-12,16,18,24H,6,9-10,13H2,1-5H3/t16-/m0/s1. The van der Waals surface area contributed by atoms with Crippen molar-refractivity contribution in [1.29, 1.82) is 0 Å². The highest BCUT2D eigenvalue weighted by molar-refractivity contribution is 6.03. The summed E-state index contributed by atoms with van der Waals surface area (Å²) in [5.41, 5.74) is 3.44. The number of Topliss-reactive ketones (excluding diaryl/α,β-unsaturated/α-hetero) is 1. The summed E-state index contributed by atoms with van der Waals surface area (Å²) in [7, 11) is 1.65. The Bertz CT molecular complexity index is 881. The monoisotopic (exact) mass is 398 g/mol. The predicted molar refractivity (Wildman–Crippen MR) is 112 cm³/mol. The van der Waals surface area contributed by atoms with E-state index in [9.17, 15) is 9.59 Å². The first-order chi connectivity index (χ1) is 13.9. The molecule has 0 radical (unpaired) electrons. The van der Waals surface area contributed by atoms with Crippen LogP contribution in [0.5, 0.6) is 5.75 Å². The number of carbonyl (C=O) groups is 2. The zero-order valence-electron chi connectivity index (χ0n) is 17.9. The molecule has 0 unspecified atom stereocenters. The van der Waals surface area contributed by atoms with E-state index in [-0.39, 0.29) is 17.8 Å². The van der Waals surface area contributed by atoms with Crippen molar-refractivity contribution in [2.75, 3.05) is 13.7 Å². The van der Waals surface area contributed by atoms with Crippen molar-refractivity contribution < 1.29 is 19.1 Å². The topological polar surface area (TPSA) is 71.6 Å². The summed E-state index contributed by atoms with van der Waals surface area (Å²) >= 11 is 0. The predicted octanol–water partition coefficient (Wildman–Crippen LogP) is 4.05. The van der Waals surface area contributed by atoms with Gasteiger partial charge in [0.1, 0.15) is 5.75 Å². The molecule has 0 spiro atoms. The average Bonchev–Trinajstić information content (AvgIpc) is 3.50. The van der Waals surface area contributed by atoms with Gasteiger partial charge in [0.25, 0.3) is 0 Å². The first-order valence-electron chi connectivity index (χ1n) is 10.2. The van der Waals surface area contributed by atoms with E-state index < -0.39 is 0 Å². The smallest absolute Gasteiger partial charge is 0.340 e. The van der Waals surface area contributed by atoms with Gasteiger partial charge >= 0.3 is 5.97 Å². The summed E-state index contributed by atoms with van der Waals surface area (Å²) in [5.74, 6) is 0.434. The third-order valence-electron chi connectivity index (χ3n) is 5.58. The van der Waals surface area contributed by atoms with E-state index in [1.807, 2.05) is 31.2 Å². The Morgan fingerprint density at radius 1 is 1.21 bits per heavy atom. The Balaban J connectivity index is 1.81. The fraction of sp³-hybridized carbons (Fsp3) is 0.478. The van der Waals surface area contributed by atoms with Gasteiger partial charge in [-0.2, -0.15) is 0 Å². The van der Waals surface area contributed by atoms with Crippen LogP contribution in [0.15, 0.2) is 24.3 Å². The largest absolute Gasteiger partial charge is 0.497 e. The van der Waals surface area contributed by atoms with Crippen LogP contribution in [0.2, 0.25) is 0 Å². The number of hydrogen-bond donors (Lipinski definition) is 1. The molecule has 1 N–H and O–H groups in total. The molecule has 1 aliphatic rings. The van der Waals surface area contributed by atoms with E-state index in [1.54, 1.807) is 27.9 Å². The summed E-state index contributed by atoms with van der Waals surface area (Å²) in [6.07, 6.45) is 2.20. The van der Waals surface area contributed by atoms with Gasteiger partial charge in [-0.1, -0.05) is 12.1 Å². The first kappa shape index (κ1) is 21.1. The number of hydrogen-bond acceptors (Lipinski definition) is 5. The number of aryl methyl sites for hydroxylation is 1. The van der Waals surface area contributed by atoms with Gasteiger partial charge < -0.3 is 14.5 Å². The lowest BCUT2D eigenvalue weighted by Gasteiger charge is -2.28. The molecule has 0 bridgehead atoms. The Morgan fingerprint density at radius 3 is 2.41 bits per heavy atom. The van der Waals surface area contributed by atoms with Crippen LogP contribution in [-0.2, 0) is 11.3 Å². The van der Waals surface area contributed by atoms with E-state index in [0.717, 1.165) is 24.2 Å². The van der Waals surface area contributed by atoms with Crippen LogP contribution in [0.4, 0.5) is 0 Å². The second kappa shape index (κ2) is 8.82. The number of benzene rings is 1. The van der Waals surface area contributed by atoms with Crippen molar-refractivity contribution in [1.82, 2.24) is 9.88 Å². The van der Waals surface area contributed by atoms with Crippen molar-refractivity contribution in [3.63, 3.8) is 0 Å². The summed E-state index contributed by atoms with van der Waals surface area (Å²) < 4.78 is 10.4. The SMILES string of the molecule is CCOC(=O)c1c(C)[nH]c(C(=O)[C@H](C)N(Cc2ccc(OC)cc2)C2CC2)c1C. The number of ether oxygens (including phenoxy) is 2. The Kier molecular flexibility index (Phi) is 6.42. The molecule has 1 fully saturated rings. The highest BCUT2D eigenvalue weighted by Crippen LogP contribution is 2.32. The molecule has 1 aromatic heterocycles. The van der Waals surface area contributed by atoms with Gasteiger partial charge in [0.05, 0.1) is 31.0 Å². The lowest BCUT2D eigenvalue weighted by molar-refractivity contribution is 0.0525. The molecule has 29 heavy (non-hydrogen) atoms. The molecule has 0 saturated heterocycles. The normalized spacial score (nSPS) is 14.7. The van der Waals surface area contributed by atoms with Crippen LogP contribution in [0.25, 0.3) is 0 Å². The van der Waals surface area contributed by atoms with Gasteiger partial charge in [-0.25, -0.2) is 4.79 Å². The summed E-state index contributed by atoms with van der Waals surface area (Å²) in [4.78, 5) is 31.0. The molecular weight excluding hydrogens is 368 g/mol. The molecule has 156 valence electrons. The number of esters is 1. The third kappa shape index (κ3) is 4.53. The van der Waals surface area contributed by atoms with Gasteiger partial charge in [0, 0.05) is 18.3 Å². The van der Waals surface area contributed by atoms with Gasteiger partial charge in [-0.3, -0.25) is 9.69 Å². The molecule has 2 aromatic rings. The number of aromatic amines is 1. The molecule has 6 nitrogen and oxygen atoms in total. The zero-order chi connectivity index (χ0) is 21.1. The first-order valence-corrected chi connectivity index (χ1v) is 10.2. The van der Waals surface area contributed by atoms with Crippen LogP contribution in [0, 0.1) is 13.8 Å². The number of nitrogens with zero attached hydrogens (tertiary/aromatic N) is 1. The molecule has 1 atom stereocenters. The average molecular weight is 399 g/mol. The lowest BCUT2D eigenvalue weighted by Crippen LogP contribution is -2.40. The molecule has 3 rings (SSSR count). The summed E-state index contributed by atoms with van der Waals surface area (Å²) in [5, 5.41) is 0. The molecule has 0 amide bonds. The van der Waals surface area contributed by atoms with Crippen molar-refractivity contribution in [2.45, 2.75) is 59.2 Å². The lowest BCUT2D eigenvalue weighted by atomic mass is 10.0. The van der Waals surface area contributed by atoms with E-state index >= 15 is 0 Å². The summed E-state index contributed by atoms with van der Waals surface area (Å²) in [6, 6.07) is 8.07. The molecular formula is C23H30N2O4. The number of carbonyl (C=O) groups excluding carboxylic acids is 2. The molecule has 1 aromatic carbocycles. The van der Waals surface area contributed by atoms with Crippen LogP contribution < -0.4 is 4.74 Å². The number of rotatable bonds is 9. The second-order valence-corrected chi connectivity index (χ2v) is 7.64. The number of nitrogens with one attached hydrogen (secondary N) is 1. The minimum atomic E-state index is -0.386. The molecule has 1 heterocycles. The third-order valence-corrected chi connectivity index (χ3v) is 5.58. The van der Waals surface area contributed by atoms with E-state index in [1.165, 1.54) is 0 Å². The molecule has 6 heteroatoms. The zero-order valence-corrected chi connectivity index (χ0v) is 17.9. The van der Waals surface area contributed by atoms with Gasteiger partial charge in [0.2, 0.25) is 0 Å². The van der Waals surface area contributed by atoms with Gasteiger partial charge in [-0.15, -0.1) is 0 Å². The maximum Gasteiger partial charge on any atom is 0.340 e. The number of methoxy groups -OCH3 is 1. The molecule has 0 aliphatic heterocycles. The molecule has 1 aliphatic carbocycles. The maximum atomic E-state index is 13.3. The van der Waals surface area contributed by atoms with Crippen LogP contribution in [-0.4, -0.2) is 47.4 Å². The number of ketones is 1. The Morgan fingerprint density at radius 2 is 1.86 bits per heavy atom. The second-order valence-electron chi connectivity index (χ2n) is 7.64. The fourth-order valence-electron chi connectivity index (χ4n) is 3.80. The highest BCUT2D eigenvalue weighted by Gasteiger charge is 2.36. The van der Waals surface area contributed by atoms with Crippen molar-refractivity contribution >= 4 is 11.8 Å².